The molecule has 1 amide bonds. The third-order valence-corrected chi connectivity index (χ3v) is 2.39. The van der Waals surface area contributed by atoms with E-state index in [-0.39, 0.29) is 6.61 Å². The molecule has 0 atom stereocenters. The van der Waals surface area contributed by atoms with Crippen molar-refractivity contribution in [2.24, 2.45) is 0 Å². The molecule has 0 spiro atoms. The SMILES string of the molecule is CCOC(=O)C(=O)Nc1ccc(-n2ccnc2)cc1. The lowest BCUT2D eigenvalue weighted by Gasteiger charge is -2.06. The minimum absolute atomic E-state index is 0.172. The number of benzene rings is 1. The number of esters is 1. The summed E-state index contributed by atoms with van der Waals surface area (Å²) in [5.74, 6) is -1.67. The average Bonchev–Trinajstić information content (AvgIpc) is 2.94. The van der Waals surface area contributed by atoms with Gasteiger partial charge in [-0.2, -0.15) is 0 Å². The quantitative estimate of drug-likeness (QED) is 0.667. The van der Waals surface area contributed by atoms with Gasteiger partial charge in [0.25, 0.3) is 0 Å². The van der Waals surface area contributed by atoms with Crippen molar-refractivity contribution in [3.05, 3.63) is 43.0 Å². The number of nitrogens with one attached hydrogen (secondary N) is 1. The molecule has 0 saturated heterocycles. The lowest BCUT2D eigenvalue weighted by Crippen LogP contribution is -2.24. The minimum Gasteiger partial charge on any atom is -0.459 e. The summed E-state index contributed by atoms with van der Waals surface area (Å²) in [6.07, 6.45) is 5.16. The maximum Gasteiger partial charge on any atom is 0.397 e. The Hall–Kier alpha value is -2.63. The molecule has 0 aliphatic rings. The molecule has 19 heavy (non-hydrogen) atoms. The zero-order valence-electron chi connectivity index (χ0n) is 10.4. The number of ether oxygens (including phenoxy) is 1. The first kappa shape index (κ1) is 12.8. The molecule has 0 fully saturated rings. The van der Waals surface area contributed by atoms with Gasteiger partial charge in [-0.05, 0) is 31.2 Å². The van der Waals surface area contributed by atoms with Gasteiger partial charge in [-0.1, -0.05) is 0 Å². The molecule has 0 aliphatic carbocycles. The first-order valence-electron chi connectivity index (χ1n) is 5.77. The molecule has 2 aromatic rings. The normalized spacial score (nSPS) is 9.95. The number of carbonyl (C=O) groups is 2. The Kier molecular flexibility index (Phi) is 3.92. The number of anilines is 1. The summed E-state index contributed by atoms with van der Waals surface area (Å²) in [6, 6.07) is 7.02. The molecule has 1 N–H and O–H groups in total. The number of hydrogen-bond acceptors (Lipinski definition) is 4. The lowest BCUT2D eigenvalue weighted by molar-refractivity contribution is -0.152. The Morgan fingerprint density at radius 2 is 2.05 bits per heavy atom. The van der Waals surface area contributed by atoms with Gasteiger partial charge in [-0.25, -0.2) is 9.78 Å². The fourth-order valence-corrected chi connectivity index (χ4v) is 1.51. The number of hydrogen-bond donors (Lipinski definition) is 1. The fourth-order valence-electron chi connectivity index (χ4n) is 1.51. The van der Waals surface area contributed by atoms with Crippen molar-refractivity contribution in [2.75, 3.05) is 11.9 Å². The molecule has 0 aliphatic heterocycles. The standard InChI is InChI=1S/C13H13N3O3/c1-2-19-13(18)12(17)15-10-3-5-11(6-4-10)16-8-7-14-9-16/h3-9H,2H2,1H3,(H,15,17). The van der Waals surface area contributed by atoms with E-state index in [0.29, 0.717) is 5.69 Å². The van der Waals surface area contributed by atoms with Crippen LogP contribution in [0.1, 0.15) is 6.92 Å². The largest absolute Gasteiger partial charge is 0.459 e. The highest BCUT2D eigenvalue weighted by molar-refractivity contribution is 6.37. The number of imidazole rings is 1. The highest BCUT2D eigenvalue weighted by Crippen LogP contribution is 2.12. The first-order valence-corrected chi connectivity index (χ1v) is 5.77. The maximum atomic E-state index is 11.4. The average molecular weight is 259 g/mol. The smallest absolute Gasteiger partial charge is 0.397 e. The Bertz CT molecular complexity index is 561. The molecule has 1 aromatic heterocycles. The zero-order valence-corrected chi connectivity index (χ0v) is 10.4. The van der Waals surface area contributed by atoms with Gasteiger partial charge in [0.2, 0.25) is 0 Å². The van der Waals surface area contributed by atoms with Crippen LogP contribution in [0.2, 0.25) is 0 Å². The molecular weight excluding hydrogens is 246 g/mol. The summed E-state index contributed by atoms with van der Waals surface area (Å²) in [7, 11) is 0. The third-order valence-electron chi connectivity index (χ3n) is 2.39. The van der Waals surface area contributed by atoms with Crippen LogP contribution in [0, 0.1) is 0 Å². The van der Waals surface area contributed by atoms with Crippen LogP contribution in [0.15, 0.2) is 43.0 Å². The molecule has 0 saturated carbocycles. The second-order valence-electron chi connectivity index (χ2n) is 3.69. The first-order chi connectivity index (χ1) is 9.20. The van der Waals surface area contributed by atoms with Gasteiger partial charge in [-0.3, -0.25) is 4.79 Å². The topological polar surface area (TPSA) is 73.2 Å². The van der Waals surface area contributed by atoms with Crippen molar-refractivity contribution in [3.63, 3.8) is 0 Å². The van der Waals surface area contributed by atoms with Gasteiger partial charge in [0.05, 0.1) is 12.9 Å². The molecular formula is C13H13N3O3. The van der Waals surface area contributed by atoms with Crippen molar-refractivity contribution >= 4 is 17.6 Å². The van der Waals surface area contributed by atoms with Gasteiger partial charge < -0.3 is 14.6 Å². The van der Waals surface area contributed by atoms with Gasteiger partial charge in [0.1, 0.15) is 0 Å². The third kappa shape index (κ3) is 3.19. The Labute approximate surface area is 110 Å². The molecule has 98 valence electrons. The Balaban J connectivity index is 2.03. The molecule has 0 radical (unpaired) electrons. The Morgan fingerprint density at radius 3 is 2.63 bits per heavy atom. The predicted molar refractivity (Wildman–Crippen MR) is 68.8 cm³/mol. The highest BCUT2D eigenvalue weighted by atomic mass is 16.5. The summed E-state index contributed by atoms with van der Waals surface area (Å²) >= 11 is 0. The van der Waals surface area contributed by atoms with Crippen molar-refractivity contribution < 1.29 is 14.3 Å². The van der Waals surface area contributed by atoms with E-state index in [2.05, 4.69) is 15.0 Å². The summed E-state index contributed by atoms with van der Waals surface area (Å²) in [5.41, 5.74) is 1.44. The molecule has 6 heteroatoms. The number of carbonyl (C=O) groups excluding carboxylic acids is 2. The van der Waals surface area contributed by atoms with Crippen LogP contribution in [0.5, 0.6) is 0 Å². The summed E-state index contributed by atoms with van der Waals surface area (Å²) in [5, 5.41) is 2.46. The molecule has 1 heterocycles. The van der Waals surface area contributed by atoms with Crippen molar-refractivity contribution in [1.82, 2.24) is 9.55 Å². The minimum atomic E-state index is -0.888. The van der Waals surface area contributed by atoms with E-state index in [1.54, 1.807) is 31.6 Å². The van der Waals surface area contributed by atoms with Crippen LogP contribution in [-0.4, -0.2) is 28.0 Å². The van der Waals surface area contributed by atoms with Gasteiger partial charge in [0.15, 0.2) is 0 Å². The van der Waals surface area contributed by atoms with Crippen LogP contribution >= 0.6 is 0 Å². The van der Waals surface area contributed by atoms with E-state index in [9.17, 15) is 9.59 Å². The van der Waals surface area contributed by atoms with Crippen molar-refractivity contribution in [2.45, 2.75) is 6.92 Å². The van der Waals surface area contributed by atoms with E-state index in [1.807, 2.05) is 22.9 Å². The predicted octanol–water partition coefficient (Wildman–Crippen LogP) is 1.37. The van der Waals surface area contributed by atoms with E-state index < -0.39 is 11.9 Å². The molecule has 1 aromatic carbocycles. The van der Waals surface area contributed by atoms with E-state index in [4.69, 9.17) is 0 Å². The van der Waals surface area contributed by atoms with Gasteiger partial charge in [-0.15, -0.1) is 0 Å². The summed E-state index contributed by atoms with van der Waals surface area (Å²) < 4.78 is 6.43. The number of aromatic nitrogens is 2. The van der Waals surface area contributed by atoms with Crippen LogP contribution in [0.3, 0.4) is 0 Å². The van der Waals surface area contributed by atoms with Crippen molar-refractivity contribution in [1.29, 1.82) is 0 Å². The van der Waals surface area contributed by atoms with Crippen molar-refractivity contribution in [3.8, 4) is 5.69 Å². The van der Waals surface area contributed by atoms with E-state index in [1.165, 1.54) is 0 Å². The van der Waals surface area contributed by atoms with Gasteiger partial charge in [0, 0.05) is 23.8 Å². The highest BCUT2D eigenvalue weighted by Gasteiger charge is 2.14. The molecule has 6 nitrogen and oxygen atoms in total. The number of nitrogens with zero attached hydrogens (tertiary/aromatic N) is 2. The fraction of sp³-hybridized carbons (Fsp3) is 0.154. The van der Waals surface area contributed by atoms with Crippen LogP contribution < -0.4 is 5.32 Å². The number of amides is 1. The molecule has 0 bridgehead atoms. The monoisotopic (exact) mass is 259 g/mol. The summed E-state index contributed by atoms with van der Waals surface area (Å²) in [4.78, 5) is 26.5. The van der Waals surface area contributed by atoms with Crippen LogP contribution in [-0.2, 0) is 14.3 Å². The Morgan fingerprint density at radius 1 is 1.32 bits per heavy atom. The molecule has 2 rings (SSSR count). The van der Waals surface area contributed by atoms with Crippen LogP contribution in [0.25, 0.3) is 5.69 Å². The van der Waals surface area contributed by atoms with Gasteiger partial charge >= 0.3 is 11.9 Å². The zero-order chi connectivity index (χ0) is 13.7. The van der Waals surface area contributed by atoms with E-state index >= 15 is 0 Å². The maximum absolute atomic E-state index is 11.4. The van der Waals surface area contributed by atoms with E-state index in [0.717, 1.165) is 5.69 Å². The second kappa shape index (κ2) is 5.81. The van der Waals surface area contributed by atoms with Crippen LogP contribution in [0.4, 0.5) is 5.69 Å². The second-order valence-corrected chi connectivity index (χ2v) is 3.69. The summed E-state index contributed by atoms with van der Waals surface area (Å²) in [6.45, 7) is 1.82. The molecule has 0 unspecified atom stereocenters. The number of rotatable bonds is 3. The lowest BCUT2D eigenvalue weighted by atomic mass is 10.2.